The second-order valence-electron chi connectivity index (χ2n) is 4.47. The molecule has 0 bridgehead atoms. The second-order valence-corrected chi connectivity index (χ2v) is 6.46. The van der Waals surface area contributed by atoms with Crippen molar-refractivity contribution >= 4 is 9.84 Å². The number of aromatic nitrogens is 3. The van der Waals surface area contributed by atoms with Gasteiger partial charge in [-0.2, -0.15) is 0 Å². The summed E-state index contributed by atoms with van der Waals surface area (Å²) in [5.41, 5.74) is 0.958. The Morgan fingerprint density at radius 1 is 0.905 bits per heavy atom. The molecule has 0 unspecified atom stereocenters. The first-order chi connectivity index (χ1) is 9.94. The van der Waals surface area contributed by atoms with Crippen LogP contribution in [0.5, 0.6) is 0 Å². The number of nitrogens with zero attached hydrogens (tertiary/aromatic N) is 3. The van der Waals surface area contributed by atoms with Crippen LogP contribution in [0.4, 0.5) is 0 Å². The lowest BCUT2D eigenvalue weighted by Gasteiger charge is -2.06. The van der Waals surface area contributed by atoms with Gasteiger partial charge in [0.25, 0.3) is 0 Å². The third-order valence-corrected chi connectivity index (χ3v) is 4.39. The van der Waals surface area contributed by atoms with Gasteiger partial charge in [-0.15, -0.1) is 0 Å². The maximum atomic E-state index is 12.3. The molecule has 1 heterocycles. The van der Waals surface area contributed by atoms with Crippen molar-refractivity contribution in [2.45, 2.75) is 30.8 Å². The highest BCUT2D eigenvalue weighted by Crippen LogP contribution is 2.15. The fourth-order valence-corrected chi connectivity index (χ4v) is 2.91. The number of aliphatic hydroxyl groups is 2. The normalized spacial score (nSPS) is 11.6. The van der Waals surface area contributed by atoms with Crippen LogP contribution in [-0.4, -0.2) is 33.6 Å². The summed E-state index contributed by atoms with van der Waals surface area (Å²) in [4.78, 5) is 11.7. The highest BCUT2D eigenvalue weighted by molar-refractivity contribution is 7.90. The van der Waals surface area contributed by atoms with E-state index in [9.17, 15) is 8.42 Å². The van der Waals surface area contributed by atoms with E-state index in [1.165, 1.54) is 12.1 Å². The molecule has 0 amide bonds. The van der Waals surface area contributed by atoms with E-state index in [0.717, 1.165) is 5.56 Å². The molecule has 8 heteroatoms. The average Bonchev–Trinajstić information content (AvgIpc) is 2.46. The van der Waals surface area contributed by atoms with Gasteiger partial charge in [0.2, 0.25) is 0 Å². The van der Waals surface area contributed by atoms with Crippen molar-refractivity contribution in [3.8, 4) is 0 Å². The molecule has 21 heavy (non-hydrogen) atoms. The molecular formula is C13H15N3O4S. The molecule has 0 aliphatic carbocycles. The minimum atomic E-state index is -3.60. The van der Waals surface area contributed by atoms with Gasteiger partial charge in [0.15, 0.2) is 21.5 Å². The number of hydrogen-bond acceptors (Lipinski definition) is 7. The maximum absolute atomic E-state index is 12.3. The van der Waals surface area contributed by atoms with Gasteiger partial charge in [0, 0.05) is 0 Å². The number of aryl methyl sites for hydroxylation is 1. The zero-order valence-corrected chi connectivity index (χ0v) is 12.2. The van der Waals surface area contributed by atoms with Crippen molar-refractivity contribution in [1.82, 2.24) is 15.0 Å². The molecule has 0 aliphatic heterocycles. The Morgan fingerprint density at radius 3 is 1.86 bits per heavy atom. The number of aliphatic hydroxyl groups excluding tert-OH is 2. The minimum absolute atomic E-state index is 0.00123. The quantitative estimate of drug-likeness (QED) is 0.807. The first-order valence-corrected chi connectivity index (χ1v) is 7.83. The predicted octanol–water partition coefficient (Wildman–Crippen LogP) is 0.139. The van der Waals surface area contributed by atoms with E-state index in [2.05, 4.69) is 15.0 Å². The molecule has 2 aromatic rings. The Hall–Kier alpha value is -1.90. The number of rotatable bonds is 5. The summed E-state index contributed by atoms with van der Waals surface area (Å²) >= 11 is 0. The molecule has 1 aromatic carbocycles. The van der Waals surface area contributed by atoms with Crippen molar-refractivity contribution in [2.75, 3.05) is 0 Å². The fourth-order valence-electron chi connectivity index (χ4n) is 1.73. The topological polar surface area (TPSA) is 113 Å². The van der Waals surface area contributed by atoms with E-state index in [0.29, 0.717) is 0 Å². The van der Waals surface area contributed by atoms with E-state index < -0.39 is 28.8 Å². The van der Waals surface area contributed by atoms with E-state index in [-0.39, 0.29) is 22.4 Å². The van der Waals surface area contributed by atoms with Crippen molar-refractivity contribution in [3.63, 3.8) is 0 Å². The van der Waals surface area contributed by atoms with Gasteiger partial charge in [-0.05, 0) is 19.1 Å². The summed E-state index contributed by atoms with van der Waals surface area (Å²) in [7, 11) is -3.60. The number of hydrogen-bond donors (Lipinski definition) is 2. The first-order valence-electron chi connectivity index (χ1n) is 6.18. The van der Waals surface area contributed by atoms with Crippen LogP contribution in [0, 0.1) is 6.92 Å². The third kappa shape index (κ3) is 3.81. The lowest BCUT2D eigenvalue weighted by atomic mass is 10.2. The van der Waals surface area contributed by atoms with Crippen LogP contribution in [0.3, 0.4) is 0 Å². The Morgan fingerprint density at radius 2 is 1.38 bits per heavy atom. The van der Waals surface area contributed by atoms with Crippen LogP contribution in [0.15, 0.2) is 29.2 Å². The smallest absolute Gasteiger partial charge is 0.185 e. The van der Waals surface area contributed by atoms with Gasteiger partial charge in [-0.25, -0.2) is 23.4 Å². The van der Waals surface area contributed by atoms with E-state index in [1.54, 1.807) is 12.1 Å². The van der Waals surface area contributed by atoms with E-state index >= 15 is 0 Å². The van der Waals surface area contributed by atoms with Crippen molar-refractivity contribution < 1.29 is 18.6 Å². The highest BCUT2D eigenvalue weighted by Gasteiger charge is 2.18. The zero-order valence-electron chi connectivity index (χ0n) is 11.4. The van der Waals surface area contributed by atoms with E-state index in [4.69, 9.17) is 10.2 Å². The summed E-state index contributed by atoms with van der Waals surface area (Å²) in [6.45, 7) is 0.962. The van der Waals surface area contributed by atoms with Gasteiger partial charge in [-0.3, -0.25) is 0 Å². The lowest BCUT2D eigenvalue weighted by molar-refractivity contribution is 0.256. The van der Waals surface area contributed by atoms with Gasteiger partial charge in [0.1, 0.15) is 24.8 Å². The van der Waals surface area contributed by atoms with Crippen LogP contribution < -0.4 is 0 Å². The Labute approximate surface area is 122 Å². The molecule has 0 atom stereocenters. The molecule has 0 spiro atoms. The minimum Gasteiger partial charge on any atom is -0.388 e. The second kappa shape index (κ2) is 6.25. The van der Waals surface area contributed by atoms with Gasteiger partial charge in [-0.1, -0.05) is 17.7 Å². The molecule has 112 valence electrons. The van der Waals surface area contributed by atoms with E-state index in [1.807, 2.05) is 6.92 Å². The largest absolute Gasteiger partial charge is 0.388 e. The summed E-state index contributed by atoms with van der Waals surface area (Å²) in [5, 5.41) is 18.1. The van der Waals surface area contributed by atoms with Crippen molar-refractivity contribution in [1.29, 1.82) is 0 Å². The Balaban J connectivity index is 2.34. The summed E-state index contributed by atoms with van der Waals surface area (Å²) in [6.07, 6.45) is 0. The van der Waals surface area contributed by atoms with Crippen LogP contribution in [0.25, 0.3) is 0 Å². The molecule has 7 nitrogen and oxygen atoms in total. The Kier molecular flexibility index (Phi) is 4.61. The van der Waals surface area contributed by atoms with Crippen molar-refractivity contribution in [2.24, 2.45) is 0 Å². The van der Waals surface area contributed by atoms with Crippen LogP contribution in [0.2, 0.25) is 0 Å². The SMILES string of the molecule is Cc1ccc(S(=O)(=O)Cc2nc(CO)nc(CO)n2)cc1. The Bertz CT molecular complexity index is 707. The molecular weight excluding hydrogens is 294 g/mol. The third-order valence-electron chi connectivity index (χ3n) is 2.76. The number of benzene rings is 1. The molecule has 2 N–H and O–H groups in total. The monoisotopic (exact) mass is 309 g/mol. The highest BCUT2D eigenvalue weighted by atomic mass is 32.2. The average molecular weight is 309 g/mol. The molecule has 0 saturated carbocycles. The summed E-state index contributed by atoms with van der Waals surface area (Å²) < 4.78 is 24.6. The first kappa shape index (κ1) is 15.5. The molecule has 2 rings (SSSR count). The standard InChI is InChI=1S/C13H15N3O4S/c1-9-2-4-10(5-3-9)21(19,20)8-13-15-11(6-17)14-12(7-18)16-13/h2-5,17-18H,6-8H2,1H3. The molecule has 0 radical (unpaired) electrons. The zero-order chi connectivity index (χ0) is 15.5. The maximum Gasteiger partial charge on any atom is 0.185 e. The summed E-state index contributed by atoms with van der Waals surface area (Å²) in [6, 6.07) is 6.45. The summed E-state index contributed by atoms with van der Waals surface area (Å²) in [5.74, 6) is -0.358. The van der Waals surface area contributed by atoms with Gasteiger partial charge >= 0.3 is 0 Å². The van der Waals surface area contributed by atoms with Gasteiger partial charge in [0.05, 0.1) is 4.90 Å². The predicted molar refractivity (Wildman–Crippen MR) is 73.7 cm³/mol. The molecule has 0 saturated heterocycles. The molecule has 0 fully saturated rings. The lowest BCUT2D eigenvalue weighted by Crippen LogP contribution is -2.13. The van der Waals surface area contributed by atoms with Crippen LogP contribution >= 0.6 is 0 Å². The van der Waals surface area contributed by atoms with Crippen LogP contribution in [0.1, 0.15) is 23.0 Å². The molecule has 0 aliphatic rings. The van der Waals surface area contributed by atoms with Gasteiger partial charge < -0.3 is 10.2 Å². The fraction of sp³-hybridized carbons (Fsp3) is 0.308. The molecule has 1 aromatic heterocycles. The number of sulfone groups is 1. The van der Waals surface area contributed by atoms with Crippen molar-refractivity contribution in [3.05, 3.63) is 47.3 Å². The van der Waals surface area contributed by atoms with Crippen LogP contribution in [-0.2, 0) is 28.8 Å².